The van der Waals surface area contributed by atoms with Crippen LogP contribution in [-0.2, 0) is 7.05 Å². The van der Waals surface area contributed by atoms with Gasteiger partial charge in [-0.15, -0.1) is 10.2 Å². The summed E-state index contributed by atoms with van der Waals surface area (Å²) in [7, 11) is 1.88. The summed E-state index contributed by atoms with van der Waals surface area (Å²) in [5, 5.41) is 12.2. The van der Waals surface area contributed by atoms with Crippen LogP contribution in [0.25, 0.3) is 5.69 Å². The molecular weight excluding hydrogens is 423 g/mol. The summed E-state index contributed by atoms with van der Waals surface area (Å²) < 4.78 is 16.9. The first-order valence-corrected chi connectivity index (χ1v) is 10.9. The Morgan fingerprint density at radius 2 is 1.80 bits per heavy atom. The van der Waals surface area contributed by atoms with Gasteiger partial charge in [-0.2, -0.15) is 0 Å². The summed E-state index contributed by atoms with van der Waals surface area (Å²) in [6.45, 7) is 0. The Morgan fingerprint density at radius 3 is 2.43 bits per heavy atom. The van der Waals surface area contributed by atoms with Gasteiger partial charge in [0, 0.05) is 23.3 Å². The lowest BCUT2D eigenvalue weighted by Crippen LogP contribution is -2.16. The number of carbonyl (C=O) groups excluding carboxylic acids is 1. The second-order valence-corrected chi connectivity index (χ2v) is 8.06. The Morgan fingerprint density at radius 1 is 1.07 bits per heavy atom. The number of benzene rings is 2. The van der Waals surface area contributed by atoms with Gasteiger partial charge in [0.25, 0.3) is 5.91 Å². The molecule has 2 heterocycles. The monoisotopic (exact) mass is 440 g/mol. The molecule has 0 atom stereocenters. The number of aromatic nitrogens is 5. The number of hydrogen-bond acceptors (Lipinski definition) is 6. The maximum atomic E-state index is 13.3. The Bertz CT molecular complexity index is 1170. The van der Waals surface area contributed by atoms with E-state index in [1.54, 1.807) is 23.0 Å². The zero-order valence-corrected chi connectivity index (χ0v) is 17.7. The normalized spacial score (nSPS) is 10.9. The number of nitrogens with zero attached hydrogens (tertiary/aromatic N) is 5. The molecular formula is C20H17FN6OS2. The van der Waals surface area contributed by atoms with Crippen molar-refractivity contribution < 1.29 is 9.18 Å². The number of imidazole rings is 1. The van der Waals surface area contributed by atoms with E-state index in [-0.39, 0.29) is 11.7 Å². The predicted octanol–water partition coefficient (Wildman–Crippen LogP) is 4.27. The van der Waals surface area contributed by atoms with Gasteiger partial charge in [-0.25, -0.2) is 9.37 Å². The summed E-state index contributed by atoms with van der Waals surface area (Å²) in [5.74, 6) is -0.643. The molecule has 4 rings (SSSR count). The number of rotatable bonds is 6. The smallest absolute Gasteiger partial charge is 0.274 e. The quantitative estimate of drug-likeness (QED) is 0.451. The van der Waals surface area contributed by atoms with Crippen molar-refractivity contribution in [2.45, 2.75) is 15.2 Å². The zero-order valence-electron chi connectivity index (χ0n) is 16.1. The molecule has 2 aromatic carbocycles. The van der Waals surface area contributed by atoms with Gasteiger partial charge >= 0.3 is 0 Å². The standard InChI is InChI=1S/C20H17FN6OS2/c1-26-12-23-25-20(26)30-16-9-5-14(6-10-16)24-18(28)17-11-22-19(29-2)27(17)15-7-3-13(21)4-8-15/h3-12H,1-2H3,(H,24,28). The van der Waals surface area contributed by atoms with Gasteiger partial charge in [-0.1, -0.05) is 11.8 Å². The molecule has 0 unspecified atom stereocenters. The average molecular weight is 441 g/mol. The van der Waals surface area contributed by atoms with Crippen LogP contribution in [-0.4, -0.2) is 36.5 Å². The highest BCUT2D eigenvalue weighted by molar-refractivity contribution is 7.99. The number of halogens is 1. The molecule has 0 spiro atoms. The van der Waals surface area contributed by atoms with E-state index in [1.807, 2.05) is 42.1 Å². The Kier molecular flexibility index (Phi) is 5.86. The van der Waals surface area contributed by atoms with Crippen molar-refractivity contribution in [2.24, 2.45) is 7.05 Å². The molecule has 0 fully saturated rings. The second-order valence-electron chi connectivity index (χ2n) is 6.25. The highest BCUT2D eigenvalue weighted by atomic mass is 32.2. The highest BCUT2D eigenvalue weighted by Gasteiger charge is 2.18. The van der Waals surface area contributed by atoms with Crippen LogP contribution in [0.1, 0.15) is 10.5 Å². The van der Waals surface area contributed by atoms with Crippen LogP contribution in [0.3, 0.4) is 0 Å². The third kappa shape index (κ3) is 4.24. The van der Waals surface area contributed by atoms with E-state index in [0.717, 1.165) is 10.1 Å². The number of nitrogens with one attached hydrogen (secondary N) is 1. The van der Waals surface area contributed by atoms with E-state index < -0.39 is 0 Å². The van der Waals surface area contributed by atoms with E-state index >= 15 is 0 Å². The minimum atomic E-state index is -0.338. The fraction of sp³-hybridized carbons (Fsp3) is 0.100. The molecule has 4 aromatic rings. The number of carbonyl (C=O) groups is 1. The van der Waals surface area contributed by atoms with E-state index in [1.165, 1.54) is 41.9 Å². The Labute approximate surface area is 180 Å². The molecule has 0 saturated heterocycles. The number of anilines is 1. The van der Waals surface area contributed by atoms with Gasteiger partial charge in [0.1, 0.15) is 17.8 Å². The van der Waals surface area contributed by atoms with Crippen LogP contribution in [0.15, 0.2) is 76.3 Å². The maximum absolute atomic E-state index is 13.3. The van der Waals surface area contributed by atoms with E-state index in [9.17, 15) is 9.18 Å². The van der Waals surface area contributed by atoms with Gasteiger partial charge in [-0.3, -0.25) is 9.36 Å². The molecule has 0 bridgehead atoms. The van der Waals surface area contributed by atoms with Gasteiger partial charge in [-0.05, 0) is 66.5 Å². The van der Waals surface area contributed by atoms with Gasteiger partial charge < -0.3 is 9.88 Å². The molecule has 0 saturated carbocycles. The van der Waals surface area contributed by atoms with Crippen molar-refractivity contribution >= 4 is 35.1 Å². The molecule has 0 aliphatic carbocycles. The summed E-state index contributed by atoms with van der Waals surface area (Å²) in [6.07, 6.45) is 5.03. The largest absolute Gasteiger partial charge is 0.321 e. The molecule has 152 valence electrons. The molecule has 1 N–H and O–H groups in total. The number of aryl methyl sites for hydroxylation is 1. The van der Waals surface area contributed by atoms with Crippen molar-refractivity contribution in [1.82, 2.24) is 24.3 Å². The number of hydrogen-bond donors (Lipinski definition) is 1. The lowest BCUT2D eigenvalue weighted by atomic mass is 10.3. The van der Waals surface area contributed by atoms with Gasteiger partial charge in [0.2, 0.25) is 0 Å². The number of amides is 1. The molecule has 0 aliphatic rings. The van der Waals surface area contributed by atoms with E-state index in [0.29, 0.717) is 22.2 Å². The highest BCUT2D eigenvalue weighted by Crippen LogP contribution is 2.27. The van der Waals surface area contributed by atoms with Crippen molar-refractivity contribution in [1.29, 1.82) is 0 Å². The summed E-state index contributed by atoms with van der Waals surface area (Å²) in [5.41, 5.74) is 1.68. The van der Waals surface area contributed by atoms with Gasteiger partial charge in [0.05, 0.1) is 6.20 Å². The summed E-state index contributed by atoms with van der Waals surface area (Å²) in [4.78, 5) is 18.2. The fourth-order valence-corrected chi connectivity index (χ4v) is 4.06. The SMILES string of the molecule is CSc1ncc(C(=O)Nc2ccc(Sc3nncn3C)cc2)n1-c1ccc(F)cc1. The van der Waals surface area contributed by atoms with Crippen molar-refractivity contribution in [3.8, 4) is 5.69 Å². The van der Waals surface area contributed by atoms with Crippen LogP contribution in [0, 0.1) is 5.82 Å². The van der Waals surface area contributed by atoms with Crippen molar-refractivity contribution in [2.75, 3.05) is 11.6 Å². The first kappa shape index (κ1) is 20.2. The van der Waals surface area contributed by atoms with Crippen LogP contribution >= 0.6 is 23.5 Å². The number of thioether (sulfide) groups is 1. The summed E-state index contributed by atoms with van der Waals surface area (Å²) in [6, 6.07) is 13.4. The Balaban J connectivity index is 1.53. The van der Waals surface area contributed by atoms with E-state index in [4.69, 9.17) is 0 Å². The minimum absolute atomic E-state index is 0.305. The second kappa shape index (κ2) is 8.72. The molecule has 2 aromatic heterocycles. The van der Waals surface area contributed by atoms with Crippen molar-refractivity contribution in [3.05, 3.63) is 72.6 Å². The van der Waals surface area contributed by atoms with Gasteiger partial charge in [0.15, 0.2) is 10.3 Å². The molecule has 10 heteroatoms. The van der Waals surface area contributed by atoms with Crippen LogP contribution < -0.4 is 5.32 Å². The zero-order chi connectivity index (χ0) is 21.1. The molecule has 0 aliphatic heterocycles. The third-order valence-electron chi connectivity index (χ3n) is 4.22. The lowest BCUT2D eigenvalue weighted by molar-refractivity contribution is 0.102. The lowest BCUT2D eigenvalue weighted by Gasteiger charge is -2.11. The van der Waals surface area contributed by atoms with Crippen molar-refractivity contribution in [3.63, 3.8) is 0 Å². The van der Waals surface area contributed by atoms with Crippen LogP contribution in [0.4, 0.5) is 10.1 Å². The van der Waals surface area contributed by atoms with E-state index in [2.05, 4.69) is 20.5 Å². The summed E-state index contributed by atoms with van der Waals surface area (Å²) >= 11 is 2.89. The van der Waals surface area contributed by atoms with Crippen LogP contribution in [0.2, 0.25) is 0 Å². The fourth-order valence-electron chi connectivity index (χ4n) is 2.75. The predicted molar refractivity (Wildman–Crippen MR) is 115 cm³/mol. The molecule has 0 radical (unpaired) electrons. The third-order valence-corrected chi connectivity index (χ3v) is 5.93. The molecule has 7 nitrogen and oxygen atoms in total. The topological polar surface area (TPSA) is 77.6 Å². The first-order chi connectivity index (χ1) is 14.5. The first-order valence-electron chi connectivity index (χ1n) is 8.86. The minimum Gasteiger partial charge on any atom is -0.321 e. The Hall–Kier alpha value is -3.11. The average Bonchev–Trinajstić information content (AvgIpc) is 3.36. The maximum Gasteiger partial charge on any atom is 0.274 e. The van der Waals surface area contributed by atoms with Crippen LogP contribution in [0.5, 0.6) is 0 Å². The molecule has 30 heavy (non-hydrogen) atoms. The molecule has 1 amide bonds.